The standard InChI is InChI=1S/C15H30N2O3/c1-6-13(5)16-14(18)10-17(8-7-11(2)3)9-12(4)15(19)20/h11-13H,6-10H2,1-5H3,(H,16,18)(H,19,20). The third-order valence-corrected chi connectivity index (χ3v) is 3.36. The molecule has 0 radical (unpaired) electrons. The highest BCUT2D eigenvalue weighted by molar-refractivity contribution is 5.78. The molecule has 0 saturated heterocycles. The molecular weight excluding hydrogens is 256 g/mol. The Morgan fingerprint density at radius 3 is 2.25 bits per heavy atom. The molecule has 0 spiro atoms. The summed E-state index contributed by atoms with van der Waals surface area (Å²) in [6.07, 6.45) is 1.85. The van der Waals surface area contributed by atoms with Gasteiger partial charge in [-0.05, 0) is 32.2 Å². The lowest BCUT2D eigenvalue weighted by Gasteiger charge is -2.25. The van der Waals surface area contributed by atoms with Crippen LogP contribution >= 0.6 is 0 Å². The summed E-state index contributed by atoms with van der Waals surface area (Å²) in [7, 11) is 0. The van der Waals surface area contributed by atoms with Crippen LogP contribution in [0.15, 0.2) is 0 Å². The topological polar surface area (TPSA) is 69.6 Å². The zero-order valence-electron chi connectivity index (χ0n) is 13.5. The molecule has 20 heavy (non-hydrogen) atoms. The van der Waals surface area contributed by atoms with E-state index in [4.69, 9.17) is 5.11 Å². The minimum Gasteiger partial charge on any atom is -0.481 e. The van der Waals surface area contributed by atoms with Crippen LogP contribution < -0.4 is 5.32 Å². The second kappa shape index (κ2) is 9.75. The van der Waals surface area contributed by atoms with Crippen LogP contribution in [0.3, 0.4) is 0 Å². The number of rotatable bonds is 10. The van der Waals surface area contributed by atoms with Gasteiger partial charge in [-0.15, -0.1) is 0 Å². The van der Waals surface area contributed by atoms with Crippen molar-refractivity contribution in [3.05, 3.63) is 0 Å². The van der Waals surface area contributed by atoms with Crippen LogP contribution in [0.2, 0.25) is 0 Å². The molecule has 2 unspecified atom stereocenters. The van der Waals surface area contributed by atoms with E-state index in [2.05, 4.69) is 19.2 Å². The Kier molecular flexibility index (Phi) is 9.21. The summed E-state index contributed by atoms with van der Waals surface area (Å²) in [5.41, 5.74) is 0. The first-order valence-electron chi connectivity index (χ1n) is 7.50. The molecule has 0 heterocycles. The summed E-state index contributed by atoms with van der Waals surface area (Å²) < 4.78 is 0. The number of carboxylic acids is 1. The maximum Gasteiger partial charge on any atom is 0.307 e. The fourth-order valence-electron chi connectivity index (χ4n) is 1.77. The minimum atomic E-state index is -0.818. The second-order valence-corrected chi connectivity index (χ2v) is 6.03. The molecule has 2 N–H and O–H groups in total. The van der Waals surface area contributed by atoms with Crippen molar-refractivity contribution in [2.75, 3.05) is 19.6 Å². The predicted octanol–water partition coefficient (Wildman–Crippen LogP) is 1.97. The predicted molar refractivity (Wildman–Crippen MR) is 80.6 cm³/mol. The highest BCUT2D eigenvalue weighted by Crippen LogP contribution is 2.06. The van der Waals surface area contributed by atoms with Gasteiger partial charge in [0.1, 0.15) is 0 Å². The normalized spacial score (nSPS) is 14.3. The molecule has 0 aromatic carbocycles. The Morgan fingerprint density at radius 2 is 1.80 bits per heavy atom. The Balaban J connectivity index is 4.43. The van der Waals surface area contributed by atoms with E-state index in [9.17, 15) is 9.59 Å². The molecule has 1 amide bonds. The summed E-state index contributed by atoms with van der Waals surface area (Å²) in [6.45, 7) is 11.4. The summed E-state index contributed by atoms with van der Waals surface area (Å²) in [6, 6.07) is 0.159. The number of nitrogens with one attached hydrogen (secondary N) is 1. The lowest BCUT2D eigenvalue weighted by Crippen LogP contribution is -2.43. The van der Waals surface area contributed by atoms with Gasteiger partial charge in [0.2, 0.25) is 5.91 Å². The number of amides is 1. The van der Waals surface area contributed by atoms with Crippen molar-refractivity contribution >= 4 is 11.9 Å². The first-order chi connectivity index (χ1) is 9.26. The monoisotopic (exact) mass is 286 g/mol. The molecule has 2 atom stereocenters. The molecule has 0 saturated carbocycles. The van der Waals surface area contributed by atoms with E-state index in [0.29, 0.717) is 12.5 Å². The highest BCUT2D eigenvalue weighted by Gasteiger charge is 2.19. The molecule has 5 nitrogen and oxygen atoms in total. The van der Waals surface area contributed by atoms with Crippen molar-refractivity contribution in [2.45, 2.75) is 53.5 Å². The van der Waals surface area contributed by atoms with Gasteiger partial charge in [-0.2, -0.15) is 0 Å². The SMILES string of the molecule is CCC(C)NC(=O)CN(CCC(C)C)CC(C)C(=O)O. The van der Waals surface area contributed by atoms with Crippen molar-refractivity contribution in [3.8, 4) is 0 Å². The van der Waals surface area contributed by atoms with Crippen molar-refractivity contribution in [1.82, 2.24) is 10.2 Å². The maximum absolute atomic E-state index is 11.9. The Hall–Kier alpha value is -1.10. The van der Waals surface area contributed by atoms with E-state index >= 15 is 0 Å². The van der Waals surface area contributed by atoms with E-state index in [-0.39, 0.29) is 18.5 Å². The van der Waals surface area contributed by atoms with Gasteiger partial charge >= 0.3 is 5.97 Å². The first kappa shape index (κ1) is 18.9. The van der Waals surface area contributed by atoms with Gasteiger partial charge in [0.25, 0.3) is 0 Å². The van der Waals surface area contributed by atoms with Crippen LogP contribution in [0.5, 0.6) is 0 Å². The van der Waals surface area contributed by atoms with E-state index < -0.39 is 11.9 Å². The van der Waals surface area contributed by atoms with E-state index in [1.807, 2.05) is 18.7 Å². The first-order valence-corrected chi connectivity index (χ1v) is 7.50. The number of hydrogen-bond donors (Lipinski definition) is 2. The quantitative estimate of drug-likeness (QED) is 0.644. The van der Waals surface area contributed by atoms with E-state index in [0.717, 1.165) is 19.4 Å². The lowest BCUT2D eigenvalue weighted by molar-refractivity contribution is -0.142. The van der Waals surface area contributed by atoms with Gasteiger partial charge in [-0.25, -0.2) is 0 Å². The summed E-state index contributed by atoms with van der Waals surface area (Å²) in [5, 5.41) is 11.9. The number of hydrogen-bond acceptors (Lipinski definition) is 3. The average molecular weight is 286 g/mol. The van der Waals surface area contributed by atoms with E-state index in [1.165, 1.54) is 0 Å². The third-order valence-electron chi connectivity index (χ3n) is 3.36. The number of carboxylic acid groups (broad SMARTS) is 1. The number of aliphatic carboxylic acids is 1. The van der Waals surface area contributed by atoms with Crippen LogP contribution in [-0.4, -0.2) is 47.6 Å². The smallest absolute Gasteiger partial charge is 0.307 e. The van der Waals surface area contributed by atoms with Crippen LogP contribution in [0.1, 0.15) is 47.5 Å². The number of nitrogens with zero attached hydrogens (tertiary/aromatic N) is 1. The second-order valence-electron chi connectivity index (χ2n) is 6.03. The van der Waals surface area contributed by atoms with Gasteiger partial charge in [-0.1, -0.05) is 27.7 Å². The molecular formula is C15H30N2O3. The molecule has 0 rings (SSSR count). The van der Waals surface area contributed by atoms with Crippen molar-refractivity contribution in [2.24, 2.45) is 11.8 Å². The van der Waals surface area contributed by atoms with Crippen LogP contribution in [0.4, 0.5) is 0 Å². The van der Waals surface area contributed by atoms with Crippen LogP contribution in [0.25, 0.3) is 0 Å². The Labute approximate surface area is 122 Å². The van der Waals surface area contributed by atoms with E-state index in [1.54, 1.807) is 6.92 Å². The maximum atomic E-state index is 11.9. The fourth-order valence-corrected chi connectivity index (χ4v) is 1.77. The van der Waals surface area contributed by atoms with Crippen molar-refractivity contribution in [3.63, 3.8) is 0 Å². The Bertz CT molecular complexity index is 305. The molecule has 0 aromatic heterocycles. The highest BCUT2D eigenvalue weighted by atomic mass is 16.4. The zero-order chi connectivity index (χ0) is 15.7. The average Bonchev–Trinajstić information content (AvgIpc) is 2.35. The van der Waals surface area contributed by atoms with Crippen molar-refractivity contribution < 1.29 is 14.7 Å². The molecule has 0 aliphatic heterocycles. The molecule has 0 aliphatic carbocycles. The summed E-state index contributed by atoms with van der Waals surface area (Å²) in [4.78, 5) is 24.8. The van der Waals surface area contributed by atoms with Crippen LogP contribution in [-0.2, 0) is 9.59 Å². The minimum absolute atomic E-state index is 0.0271. The van der Waals surface area contributed by atoms with Crippen molar-refractivity contribution in [1.29, 1.82) is 0 Å². The molecule has 0 bridgehead atoms. The summed E-state index contributed by atoms with van der Waals surface area (Å²) in [5.74, 6) is -0.767. The number of carbonyl (C=O) groups is 2. The van der Waals surface area contributed by atoms with Gasteiger partial charge in [-0.3, -0.25) is 14.5 Å². The molecule has 118 valence electrons. The third kappa shape index (κ3) is 8.91. The summed E-state index contributed by atoms with van der Waals surface area (Å²) >= 11 is 0. The zero-order valence-corrected chi connectivity index (χ0v) is 13.5. The largest absolute Gasteiger partial charge is 0.481 e. The molecule has 0 fully saturated rings. The molecule has 0 aliphatic rings. The molecule has 5 heteroatoms. The van der Waals surface area contributed by atoms with Gasteiger partial charge in [0.15, 0.2) is 0 Å². The van der Waals surface area contributed by atoms with Crippen LogP contribution in [0, 0.1) is 11.8 Å². The number of carbonyl (C=O) groups excluding carboxylic acids is 1. The lowest BCUT2D eigenvalue weighted by atomic mass is 10.1. The molecule has 0 aromatic rings. The fraction of sp³-hybridized carbons (Fsp3) is 0.867. The van der Waals surface area contributed by atoms with Gasteiger partial charge in [0.05, 0.1) is 12.5 Å². The van der Waals surface area contributed by atoms with Gasteiger partial charge < -0.3 is 10.4 Å². The Morgan fingerprint density at radius 1 is 1.20 bits per heavy atom. The van der Waals surface area contributed by atoms with Gasteiger partial charge in [0, 0.05) is 12.6 Å².